The summed E-state index contributed by atoms with van der Waals surface area (Å²) in [4.78, 5) is 0. The van der Waals surface area contributed by atoms with E-state index in [0.717, 1.165) is 30.6 Å². The fraction of sp³-hybridized carbons (Fsp3) is 0.600. The van der Waals surface area contributed by atoms with Crippen LogP contribution in [0.5, 0.6) is 5.75 Å². The Hall–Kier alpha value is -0.770. The zero-order chi connectivity index (χ0) is 13.9. The Labute approximate surface area is 120 Å². The highest BCUT2D eigenvalue weighted by Gasteiger charge is 2.31. The van der Waals surface area contributed by atoms with Crippen LogP contribution in [0.1, 0.15) is 32.3 Å². The molecule has 0 aromatic heterocycles. The Bertz CT molecular complexity index is 434. The molecule has 1 saturated heterocycles. The van der Waals surface area contributed by atoms with Gasteiger partial charge in [-0.3, -0.25) is 0 Å². The molecular weight excluding hydrogens is 262 g/mol. The molecule has 1 heterocycles. The molecule has 0 spiro atoms. The number of hydrogen-bond acceptors (Lipinski definition) is 3. The predicted octanol–water partition coefficient (Wildman–Crippen LogP) is 3.18. The van der Waals surface area contributed by atoms with E-state index in [4.69, 9.17) is 26.8 Å². The molecule has 0 bridgehead atoms. The van der Waals surface area contributed by atoms with E-state index in [0.29, 0.717) is 18.2 Å². The van der Waals surface area contributed by atoms with Gasteiger partial charge in [-0.15, -0.1) is 0 Å². The zero-order valence-electron chi connectivity index (χ0n) is 11.6. The largest absolute Gasteiger partial charge is 0.489 e. The third-order valence-corrected chi connectivity index (χ3v) is 3.70. The Kier molecular flexibility index (Phi) is 4.71. The average Bonchev–Trinajstić information content (AvgIpc) is 2.68. The first-order chi connectivity index (χ1) is 9.00. The van der Waals surface area contributed by atoms with E-state index in [9.17, 15) is 0 Å². The predicted molar refractivity (Wildman–Crippen MR) is 77.9 cm³/mol. The first-order valence-electron chi connectivity index (χ1n) is 6.79. The van der Waals surface area contributed by atoms with E-state index in [1.807, 2.05) is 18.2 Å². The van der Waals surface area contributed by atoms with Gasteiger partial charge in [-0.2, -0.15) is 0 Å². The molecule has 19 heavy (non-hydrogen) atoms. The number of halogens is 1. The fourth-order valence-corrected chi connectivity index (χ4v) is 2.62. The molecule has 2 N–H and O–H groups in total. The highest BCUT2D eigenvalue weighted by Crippen LogP contribution is 2.31. The topological polar surface area (TPSA) is 44.5 Å². The van der Waals surface area contributed by atoms with Crippen LogP contribution >= 0.6 is 11.6 Å². The number of rotatable bonds is 5. The Morgan fingerprint density at radius 3 is 2.84 bits per heavy atom. The van der Waals surface area contributed by atoms with Crippen LogP contribution in [0, 0.1) is 0 Å². The lowest BCUT2D eigenvalue weighted by Gasteiger charge is -2.19. The van der Waals surface area contributed by atoms with Gasteiger partial charge in [0.2, 0.25) is 0 Å². The smallest absolute Gasteiger partial charge is 0.138 e. The molecule has 1 atom stereocenters. The summed E-state index contributed by atoms with van der Waals surface area (Å²) in [7, 11) is 0. The SMILES string of the molecule is CC1(C)CCC(COc2ccc(CCN)cc2Cl)O1. The third-order valence-electron chi connectivity index (χ3n) is 3.41. The lowest BCUT2D eigenvalue weighted by Crippen LogP contribution is -2.23. The lowest BCUT2D eigenvalue weighted by molar-refractivity contribution is -0.0326. The summed E-state index contributed by atoms with van der Waals surface area (Å²) in [6, 6.07) is 5.84. The lowest BCUT2D eigenvalue weighted by atomic mass is 10.1. The number of hydrogen-bond donors (Lipinski definition) is 1. The van der Waals surface area contributed by atoms with Gasteiger partial charge in [0, 0.05) is 0 Å². The summed E-state index contributed by atoms with van der Waals surface area (Å²) in [5.74, 6) is 0.718. The van der Waals surface area contributed by atoms with Crippen molar-refractivity contribution in [3.05, 3.63) is 28.8 Å². The van der Waals surface area contributed by atoms with E-state index >= 15 is 0 Å². The Balaban J connectivity index is 1.89. The maximum Gasteiger partial charge on any atom is 0.138 e. The van der Waals surface area contributed by atoms with Crippen LogP contribution in [0.25, 0.3) is 0 Å². The molecule has 2 rings (SSSR count). The van der Waals surface area contributed by atoms with Gasteiger partial charge in [0.05, 0.1) is 16.7 Å². The van der Waals surface area contributed by atoms with E-state index < -0.39 is 0 Å². The normalized spacial score (nSPS) is 21.6. The van der Waals surface area contributed by atoms with E-state index in [1.54, 1.807) is 0 Å². The summed E-state index contributed by atoms with van der Waals surface area (Å²) in [6.07, 6.45) is 3.11. The molecular formula is C15H22ClNO2. The van der Waals surface area contributed by atoms with Crippen molar-refractivity contribution in [2.24, 2.45) is 5.73 Å². The fourth-order valence-electron chi connectivity index (χ4n) is 2.36. The van der Waals surface area contributed by atoms with Crippen molar-refractivity contribution in [1.82, 2.24) is 0 Å². The number of ether oxygens (including phenoxy) is 2. The second-order valence-electron chi connectivity index (χ2n) is 5.65. The maximum absolute atomic E-state index is 6.20. The van der Waals surface area contributed by atoms with E-state index in [1.165, 1.54) is 0 Å². The third kappa shape index (κ3) is 4.10. The molecule has 0 aliphatic carbocycles. The minimum atomic E-state index is -0.0250. The van der Waals surface area contributed by atoms with Crippen molar-refractivity contribution >= 4 is 11.6 Å². The van der Waals surface area contributed by atoms with Gasteiger partial charge in [0.1, 0.15) is 12.4 Å². The van der Waals surface area contributed by atoms with Gasteiger partial charge in [-0.1, -0.05) is 17.7 Å². The van der Waals surface area contributed by atoms with Crippen LogP contribution < -0.4 is 10.5 Å². The minimum Gasteiger partial charge on any atom is -0.489 e. The summed E-state index contributed by atoms with van der Waals surface area (Å²) >= 11 is 6.20. The van der Waals surface area contributed by atoms with Crippen molar-refractivity contribution in [2.45, 2.75) is 44.8 Å². The number of nitrogens with two attached hydrogens (primary N) is 1. The molecule has 1 fully saturated rings. The van der Waals surface area contributed by atoms with Crippen LogP contribution in [-0.4, -0.2) is 24.9 Å². The molecule has 1 aromatic carbocycles. The summed E-state index contributed by atoms with van der Waals surface area (Å²) in [5, 5.41) is 0.642. The Morgan fingerprint density at radius 2 is 2.26 bits per heavy atom. The highest BCUT2D eigenvalue weighted by molar-refractivity contribution is 6.32. The molecule has 4 heteroatoms. The van der Waals surface area contributed by atoms with Crippen LogP contribution in [-0.2, 0) is 11.2 Å². The molecule has 1 aliphatic rings. The zero-order valence-corrected chi connectivity index (χ0v) is 12.4. The van der Waals surface area contributed by atoms with Gasteiger partial charge in [0.25, 0.3) is 0 Å². The average molecular weight is 284 g/mol. The van der Waals surface area contributed by atoms with Crippen LogP contribution in [0.15, 0.2) is 18.2 Å². The maximum atomic E-state index is 6.20. The monoisotopic (exact) mass is 283 g/mol. The minimum absolute atomic E-state index is 0.0250. The van der Waals surface area contributed by atoms with Gasteiger partial charge in [0.15, 0.2) is 0 Å². The second kappa shape index (κ2) is 6.12. The summed E-state index contributed by atoms with van der Waals surface area (Å²) < 4.78 is 11.6. The summed E-state index contributed by atoms with van der Waals surface area (Å²) in [5.41, 5.74) is 6.64. The first-order valence-corrected chi connectivity index (χ1v) is 7.17. The highest BCUT2D eigenvalue weighted by atomic mass is 35.5. The Morgan fingerprint density at radius 1 is 1.47 bits per heavy atom. The van der Waals surface area contributed by atoms with E-state index in [-0.39, 0.29) is 11.7 Å². The molecule has 0 amide bonds. The van der Waals surface area contributed by atoms with Crippen molar-refractivity contribution in [3.63, 3.8) is 0 Å². The van der Waals surface area contributed by atoms with E-state index in [2.05, 4.69) is 13.8 Å². The van der Waals surface area contributed by atoms with Crippen molar-refractivity contribution in [2.75, 3.05) is 13.2 Å². The molecule has 3 nitrogen and oxygen atoms in total. The van der Waals surface area contributed by atoms with Crippen molar-refractivity contribution in [3.8, 4) is 5.75 Å². The van der Waals surface area contributed by atoms with Crippen LogP contribution in [0.2, 0.25) is 5.02 Å². The van der Waals surface area contributed by atoms with Gasteiger partial charge in [-0.25, -0.2) is 0 Å². The molecule has 1 unspecified atom stereocenters. The summed E-state index contributed by atoms with van der Waals surface area (Å²) in [6.45, 7) is 5.41. The van der Waals surface area contributed by atoms with Crippen molar-refractivity contribution in [1.29, 1.82) is 0 Å². The van der Waals surface area contributed by atoms with Gasteiger partial charge in [-0.05, 0) is 57.4 Å². The van der Waals surface area contributed by atoms with Crippen LogP contribution in [0.3, 0.4) is 0 Å². The van der Waals surface area contributed by atoms with Crippen LogP contribution in [0.4, 0.5) is 0 Å². The van der Waals surface area contributed by atoms with Gasteiger partial charge >= 0.3 is 0 Å². The molecule has 0 saturated carbocycles. The second-order valence-corrected chi connectivity index (χ2v) is 6.06. The quantitative estimate of drug-likeness (QED) is 0.903. The molecule has 106 valence electrons. The first kappa shape index (κ1) is 14.6. The van der Waals surface area contributed by atoms with Gasteiger partial charge < -0.3 is 15.2 Å². The molecule has 0 radical (unpaired) electrons. The number of benzene rings is 1. The molecule has 1 aliphatic heterocycles. The molecule has 1 aromatic rings. The van der Waals surface area contributed by atoms with Crippen molar-refractivity contribution < 1.29 is 9.47 Å². The standard InChI is InChI=1S/C15H22ClNO2/c1-15(2)7-5-12(19-15)10-18-14-4-3-11(6-8-17)9-13(14)16/h3-4,9,12H,5-8,10,17H2,1-2H3.